The molecule has 1 saturated heterocycles. The minimum absolute atomic E-state index is 0.0205. The maximum atomic E-state index is 12.7. The summed E-state index contributed by atoms with van der Waals surface area (Å²) >= 11 is 5.85. The largest absolute Gasteiger partial charge is 0.394 e. The predicted octanol–water partition coefficient (Wildman–Crippen LogP) is 2.63. The molecule has 1 aromatic rings. The number of carbonyl (C=O) groups excluding carboxylic acids is 1. The zero-order valence-electron chi connectivity index (χ0n) is 11.5. The number of hydrogen-bond donors (Lipinski definition) is 1. The number of likely N-dealkylation sites (tertiary alicyclic amines) is 1. The normalized spacial score (nSPS) is 19.1. The molecule has 1 N–H and O–H groups in total. The monoisotopic (exact) mass is 312 g/mol. The second-order valence-corrected chi connectivity index (χ2v) is 5.48. The molecule has 1 atom stereocenters. The van der Waals surface area contributed by atoms with E-state index >= 15 is 0 Å². The Hall–Kier alpha value is -1.66. The molecule has 1 fully saturated rings. The maximum absolute atomic E-state index is 12.7. The highest BCUT2D eigenvalue weighted by molar-refractivity contribution is 6.33. The molecule has 6 nitrogen and oxygen atoms in total. The fraction of sp³-hybridized carbons (Fsp3) is 0.500. The van der Waals surface area contributed by atoms with Crippen molar-refractivity contribution < 1.29 is 14.8 Å². The van der Waals surface area contributed by atoms with Gasteiger partial charge in [-0.3, -0.25) is 14.9 Å². The van der Waals surface area contributed by atoms with Crippen molar-refractivity contribution in [3.8, 4) is 0 Å². The smallest absolute Gasteiger partial charge is 0.300 e. The minimum Gasteiger partial charge on any atom is -0.394 e. The fourth-order valence-electron chi connectivity index (χ4n) is 2.66. The number of aliphatic hydroxyl groups is 1. The number of hydrogen-bond acceptors (Lipinski definition) is 4. The highest BCUT2D eigenvalue weighted by atomic mass is 35.5. The van der Waals surface area contributed by atoms with Crippen LogP contribution in [0.15, 0.2) is 18.2 Å². The molecule has 7 heteroatoms. The number of nitro groups is 1. The van der Waals surface area contributed by atoms with Gasteiger partial charge in [0.1, 0.15) is 10.6 Å². The van der Waals surface area contributed by atoms with Crippen LogP contribution in [0, 0.1) is 10.1 Å². The molecule has 1 aromatic carbocycles. The van der Waals surface area contributed by atoms with E-state index in [0.717, 1.165) is 19.3 Å². The van der Waals surface area contributed by atoms with Crippen molar-refractivity contribution >= 4 is 23.2 Å². The van der Waals surface area contributed by atoms with E-state index in [1.807, 2.05) is 0 Å². The van der Waals surface area contributed by atoms with Crippen molar-refractivity contribution in [3.05, 3.63) is 38.9 Å². The molecule has 1 aliphatic heterocycles. The first-order chi connectivity index (χ1) is 10.1. The molecule has 0 aromatic heterocycles. The lowest BCUT2D eigenvalue weighted by Crippen LogP contribution is -2.42. The molecule has 1 unspecified atom stereocenters. The Morgan fingerprint density at radius 1 is 1.43 bits per heavy atom. The van der Waals surface area contributed by atoms with Crippen LogP contribution in [0.3, 0.4) is 0 Å². The summed E-state index contributed by atoms with van der Waals surface area (Å²) in [5.41, 5.74) is -0.391. The van der Waals surface area contributed by atoms with Gasteiger partial charge in [-0.05, 0) is 25.0 Å². The summed E-state index contributed by atoms with van der Waals surface area (Å²) in [6.45, 7) is 0.355. The first kappa shape index (κ1) is 15.7. The van der Waals surface area contributed by atoms with Gasteiger partial charge >= 0.3 is 5.69 Å². The number of rotatable bonds is 3. The van der Waals surface area contributed by atoms with Gasteiger partial charge in [-0.1, -0.05) is 30.5 Å². The van der Waals surface area contributed by atoms with Gasteiger partial charge in [-0.25, -0.2) is 0 Å². The van der Waals surface area contributed by atoms with E-state index in [4.69, 9.17) is 11.6 Å². The van der Waals surface area contributed by atoms with E-state index in [0.29, 0.717) is 13.0 Å². The standard InChI is InChI=1S/C14H17ClN2O4/c15-12-7-4-6-11(13(12)17(20)21)14(19)16-8-3-1-2-5-10(16)9-18/h4,6-7,10,18H,1-3,5,8-9H2. The molecule has 0 bridgehead atoms. The number of aliphatic hydroxyl groups excluding tert-OH is 1. The third-order valence-corrected chi connectivity index (χ3v) is 4.05. The highest BCUT2D eigenvalue weighted by Crippen LogP contribution is 2.30. The van der Waals surface area contributed by atoms with Crippen LogP contribution in [0.5, 0.6) is 0 Å². The maximum Gasteiger partial charge on any atom is 0.300 e. The van der Waals surface area contributed by atoms with Crippen LogP contribution in [0.2, 0.25) is 5.02 Å². The zero-order valence-corrected chi connectivity index (χ0v) is 12.3. The Labute approximate surface area is 127 Å². The van der Waals surface area contributed by atoms with Gasteiger partial charge < -0.3 is 10.0 Å². The second kappa shape index (κ2) is 6.87. The number of benzene rings is 1. The summed E-state index contributed by atoms with van der Waals surface area (Å²) < 4.78 is 0. The van der Waals surface area contributed by atoms with Gasteiger partial charge in [0.2, 0.25) is 0 Å². The summed E-state index contributed by atoms with van der Waals surface area (Å²) in [6.07, 6.45) is 3.46. The van der Waals surface area contributed by atoms with E-state index in [9.17, 15) is 20.0 Å². The Morgan fingerprint density at radius 2 is 2.19 bits per heavy atom. The van der Waals surface area contributed by atoms with Gasteiger partial charge in [0.25, 0.3) is 5.91 Å². The number of nitro benzene ring substituents is 1. The molecule has 21 heavy (non-hydrogen) atoms. The van der Waals surface area contributed by atoms with E-state index in [1.54, 1.807) is 0 Å². The average molecular weight is 313 g/mol. The van der Waals surface area contributed by atoms with Gasteiger partial charge in [0.15, 0.2) is 0 Å². The van der Waals surface area contributed by atoms with Crippen LogP contribution in [-0.4, -0.2) is 40.0 Å². The average Bonchev–Trinajstić information content (AvgIpc) is 2.70. The SMILES string of the molecule is O=C(c1cccc(Cl)c1[N+](=O)[O-])N1CCCCCC1CO. The Balaban J connectivity index is 2.38. The van der Waals surface area contributed by atoms with Crippen LogP contribution in [-0.2, 0) is 0 Å². The molecule has 1 heterocycles. The van der Waals surface area contributed by atoms with Gasteiger partial charge in [0, 0.05) is 6.54 Å². The summed E-state index contributed by atoms with van der Waals surface area (Å²) in [5, 5.41) is 20.6. The van der Waals surface area contributed by atoms with Crippen molar-refractivity contribution in [1.29, 1.82) is 0 Å². The van der Waals surface area contributed by atoms with Crippen molar-refractivity contribution in [2.45, 2.75) is 31.7 Å². The lowest BCUT2D eigenvalue weighted by atomic mass is 10.1. The van der Waals surface area contributed by atoms with Crippen LogP contribution in [0.25, 0.3) is 0 Å². The van der Waals surface area contributed by atoms with E-state index in [1.165, 1.54) is 23.1 Å². The lowest BCUT2D eigenvalue weighted by Gasteiger charge is -2.28. The first-order valence-electron chi connectivity index (χ1n) is 6.91. The third-order valence-electron chi connectivity index (χ3n) is 3.75. The van der Waals surface area contributed by atoms with E-state index < -0.39 is 10.8 Å². The molecule has 0 radical (unpaired) electrons. The molecule has 1 amide bonds. The lowest BCUT2D eigenvalue weighted by molar-refractivity contribution is -0.385. The number of halogens is 1. The number of carbonyl (C=O) groups is 1. The Bertz CT molecular complexity index is 550. The third kappa shape index (κ3) is 3.33. The topological polar surface area (TPSA) is 83.7 Å². The molecule has 0 spiro atoms. The summed E-state index contributed by atoms with van der Waals surface area (Å²) in [5.74, 6) is -0.440. The second-order valence-electron chi connectivity index (χ2n) is 5.08. The van der Waals surface area contributed by atoms with Crippen LogP contribution < -0.4 is 0 Å². The molecule has 0 aliphatic carbocycles. The molecule has 114 valence electrons. The van der Waals surface area contributed by atoms with Crippen molar-refractivity contribution in [2.75, 3.05) is 13.2 Å². The first-order valence-corrected chi connectivity index (χ1v) is 7.28. The van der Waals surface area contributed by atoms with Crippen LogP contribution in [0.1, 0.15) is 36.0 Å². The quantitative estimate of drug-likeness (QED) is 0.687. The zero-order chi connectivity index (χ0) is 15.4. The molecule has 0 saturated carbocycles. The fourth-order valence-corrected chi connectivity index (χ4v) is 2.91. The predicted molar refractivity (Wildman–Crippen MR) is 78.5 cm³/mol. The van der Waals surface area contributed by atoms with Gasteiger partial charge in [0.05, 0.1) is 17.6 Å². The van der Waals surface area contributed by atoms with Crippen molar-refractivity contribution in [3.63, 3.8) is 0 Å². The van der Waals surface area contributed by atoms with Crippen LogP contribution >= 0.6 is 11.6 Å². The molecule has 1 aliphatic rings. The summed E-state index contributed by atoms with van der Waals surface area (Å²) in [7, 11) is 0. The van der Waals surface area contributed by atoms with Gasteiger partial charge in [-0.2, -0.15) is 0 Å². The highest BCUT2D eigenvalue weighted by Gasteiger charge is 2.31. The number of amides is 1. The molecule has 2 rings (SSSR count). The molecular weight excluding hydrogens is 296 g/mol. The number of nitrogens with zero attached hydrogens (tertiary/aromatic N) is 2. The van der Waals surface area contributed by atoms with Crippen molar-refractivity contribution in [2.24, 2.45) is 0 Å². The van der Waals surface area contributed by atoms with E-state index in [2.05, 4.69) is 0 Å². The Morgan fingerprint density at radius 3 is 2.86 bits per heavy atom. The summed E-state index contributed by atoms with van der Waals surface area (Å²) in [6, 6.07) is 4.03. The number of para-hydroxylation sites is 1. The van der Waals surface area contributed by atoms with Gasteiger partial charge in [-0.15, -0.1) is 0 Å². The van der Waals surface area contributed by atoms with E-state index in [-0.39, 0.29) is 28.9 Å². The Kier molecular flexibility index (Phi) is 5.14. The van der Waals surface area contributed by atoms with Crippen LogP contribution in [0.4, 0.5) is 5.69 Å². The van der Waals surface area contributed by atoms with Crippen molar-refractivity contribution in [1.82, 2.24) is 4.90 Å². The summed E-state index contributed by atoms with van der Waals surface area (Å²) in [4.78, 5) is 24.7. The molecular formula is C14H17ClN2O4. The minimum atomic E-state index is -0.638.